The van der Waals surface area contributed by atoms with E-state index in [-0.39, 0.29) is 6.61 Å². The van der Waals surface area contributed by atoms with Crippen LogP contribution in [0.15, 0.2) is 29.8 Å². The molecular formula is C14H15FN2OS. The highest BCUT2D eigenvalue weighted by atomic mass is 32.1. The summed E-state index contributed by atoms with van der Waals surface area (Å²) in [6.07, 6.45) is 3.49. The van der Waals surface area contributed by atoms with Crippen LogP contribution in [-0.2, 0) is 13.2 Å². The molecule has 1 N–H and O–H groups in total. The monoisotopic (exact) mass is 278 g/mol. The fraction of sp³-hybridized carbons (Fsp3) is 0.357. The number of hydrogen-bond acceptors (Lipinski definition) is 4. The summed E-state index contributed by atoms with van der Waals surface area (Å²) in [6.45, 7) is 0.585. The van der Waals surface area contributed by atoms with E-state index in [2.05, 4.69) is 16.0 Å². The first kappa shape index (κ1) is 12.6. The van der Waals surface area contributed by atoms with Crippen molar-refractivity contribution in [2.75, 3.05) is 4.90 Å². The van der Waals surface area contributed by atoms with Crippen LogP contribution < -0.4 is 4.90 Å². The van der Waals surface area contributed by atoms with Crippen LogP contribution >= 0.6 is 11.3 Å². The first-order valence-electron chi connectivity index (χ1n) is 6.32. The van der Waals surface area contributed by atoms with Crippen molar-refractivity contribution < 1.29 is 9.50 Å². The van der Waals surface area contributed by atoms with Crippen molar-refractivity contribution in [2.24, 2.45) is 0 Å². The molecule has 100 valence electrons. The first-order chi connectivity index (χ1) is 9.28. The van der Waals surface area contributed by atoms with E-state index in [0.29, 0.717) is 17.4 Å². The number of hydrogen-bond donors (Lipinski definition) is 1. The van der Waals surface area contributed by atoms with Crippen LogP contribution in [0.1, 0.15) is 23.3 Å². The fourth-order valence-electron chi connectivity index (χ4n) is 2.18. The molecule has 0 spiro atoms. The summed E-state index contributed by atoms with van der Waals surface area (Å²) >= 11 is 1.70. The Morgan fingerprint density at radius 1 is 1.47 bits per heavy atom. The molecule has 0 saturated heterocycles. The van der Waals surface area contributed by atoms with Crippen molar-refractivity contribution >= 4 is 17.2 Å². The van der Waals surface area contributed by atoms with Crippen LogP contribution in [0.2, 0.25) is 0 Å². The molecule has 2 aromatic heterocycles. The zero-order valence-corrected chi connectivity index (χ0v) is 11.2. The van der Waals surface area contributed by atoms with Gasteiger partial charge in [-0.25, -0.2) is 9.37 Å². The Morgan fingerprint density at radius 3 is 2.95 bits per heavy atom. The van der Waals surface area contributed by atoms with Crippen LogP contribution in [0.4, 0.5) is 10.2 Å². The Bertz CT molecular complexity index is 555. The van der Waals surface area contributed by atoms with Gasteiger partial charge in [0.1, 0.15) is 11.6 Å². The van der Waals surface area contributed by atoms with Gasteiger partial charge in [-0.3, -0.25) is 0 Å². The van der Waals surface area contributed by atoms with Crippen LogP contribution in [0.5, 0.6) is 0 Å². The van der Waals surface area contributed by atoms with Gasteiger partial charge in [-0.05, 0) is 30.4 Å². The second-order valence-corrected chi connectivity index (χ2v) is 5.77. The van der Waals surface area contributed by atoms with Gasteiger partial charge in [0.25, 0.3) is 0 Å². The number of anilines is 1. The third-order valence-corrected chi connectivity index (χ3v) is 4.11. The third-order valence-electron chi connectivity index (χ3n) is 3.25. The maximum atomic E-state index is 13.2. The first-order valence-corrected chi connectivity index (χ1v) is 7.20. The number of pyridine rings is 1. The number of aliphatic hydroxyl groups excluding tert-OH is 1. The zero-order valence-electron chi connectivity index (χ0n) is 10.4. The Morgan fingerprint density at radius 2 is 2.32 bits per heavy atom. The number of thiophene rings is 1. The lowest BCUT2D eigenvalue weighted by atomic mass is 10.2. The molecule has 0 unspecified atom stereocenters. The zero-order chi connectivity index (χ0) is 13.2. The van der Waals surface area contributed by atoms with Crippen LogP contribution in [0.25, 0.3) is 0 Å². The van der Waals surface area contributed by atoms with Gasteiger partial charge in [0.2, 0.25) is 0 Å². The van der Waals surface area contributed by atoms with Crippen molar-refractivity contribution in [3.8, 4) is 0 Å². The highest BCUT2D eigenvalue weighted by Crippen LogP contribution is 2.34. The molecule has 1 aliphatic rings. The van der Waals surface area contributed by atoms with Crippen molar-refractivity contribution in [1.29, 1.82) is 0 Å². The largest absolute Gasteiger partial charge is 0.392 e. The van der Waals surface area contributed by atoms with Gasteiger partial charge in [0.15, 0.2) is 0 Å². The van der Waals surface area contributed by atoms with E-state index >= 15 is 0 Å². The van der Waals surface area contributed by atoms with E-state index in [4.69, 9.17) is 0 Å². The summed E-state index contributed by atoms with van der Waals surface area (Å²) in [5.74, 6) is 0.305. The molecule has 3 nitrogen and oxygen atoms in total. The lowest BCUT2D eigenvalue weighted by Gasteiger charge is -2.25. The predicted octanol–water partition coefficient (Wildman–Crippen LogP) is 2.94. The summed E-state index contributed by atoms with van der Waals surface area (Å²) < 4.78 is 13.2. The highest BCUT2D eigenvalue weighted by Gasteiger charge is 2.31. The third kappa shape index (κ3) is 2.77. The second-order valence-electron chi connectivity index (χ2n) is 4.73. The minimum absolute atomic E-state index is 0.187. The molecule has 1 saturated carbocycles. The van der Waals surface area contributed by atoms with Gasteiger partial charge in [0, 0.05) is 16.5 Å². The summed E-state index contributed by atoms with van der Waals surface area (Å²) in [6, 6.07) is 5.94. The molecule has 0 aliphatic heterocycles. The van der Waals surface area contributed by atoms with E-state index < -0.39 is 5.82 Å². The van der Waals surface area contributed by atoms with Crippen LogP contribution in [0.3, 0.4) is 0 Å². The lowest BCUT2D eigenvalue weighted by Crippen LogP contribution is -2.27. The molecule has 0 aromatic carbocycles. The molecule has 5 heteroatoms. The molecule has 0 amide bonds. The molecule has 0 bridgehead atoms. The molecule has 1 aliphatic carbocycles. The molecular weight excluding hydrogens is 263 g/mol. The molecule has 3 rings (SSSR count). The molecule has 0 atom stereocenters. The van der Waals surface area contributed by atoms with E-state index in [1.54, 1.807) is 11.3 Å². The molecule has 19 heavy (non-hydrogen) atoms. The minimum atomic E-state index is -0.403. The van der Waals surface area contributed by atoms with Crippen LogP contribution in [-0.4, -0.2) is 16.1 Å². The fourth-order valence-corrected chi connectivity index (χ4v) is 2.89. The van der Waals surface area contributed by atoms with Crippen LogP contribution in [0, 0.1) is 5.82 Å². The van der Waals surface area contributed by atoms with Crippen molar-refractivity contribution in [1.82, 2.24) is 4.98 Å². The SMILES string of the molecule is OCc1cc(F)cnc1N(Cc1cccs1)C1CC1. The standard InChI is InChI=1S/C14H15FN2OS/c15-11-6-10(9-18)14(16-7-11)17(12-3-4-12)8-13-2-1-5-19-13/h1-2,5-7,12,18H,3-4,8-9H2. The summed E-state index contributed by atoms with van der Waals surface area (Å²) in [5, 5.41) is 11.4. The maximum absolute atomic E-state index is 13.2. The number of nitrogens with zero attached hydrogens (tertiary/aromatic N) is 2. The number of halogens is 1. The predicted molar refractivity (Wildman–Crippen MR) is 73.6 cm³/mol. The number of aliphatic hydroxyl groups is 1. The number of rotatable bonds is 5. The number of aromatic nitrogens is 1. The second kappa shape index (κ2) is 5.27. The average molecular weight is 278 g/mol. The summed E-state index contributed by atoms with van der Waals surface area (Å²) in [5.41, 5.74) is 0.559. The van der Waals surface area contributed by atoms with Gasteiger partial charge in [-0.15, -0.1) is 11.3 Å². The van der Waals surface area contributed by atoms with E-state index in [9.17, 15) is 9.50 Å². The Kier molecular flexibility index (Phi) is 3.48. The van der Waals surface area contributed by atoms with E-state index in [1.165, 1.54) is 17.1 Å². The minimum Gasteiger partial charge on any atom is -0.392 e. The van der Waals surface area contributed by atoms with E-state index in [1.807, 2.05) is 11.4 Å². The van der Waals surface area contributed by atoms with Crippen molar-refractivity contribution in [3.63, 3.8) is 0 Å². The normalized spacial score (nSPS) is 14.6. The maximum Gasteiger partial charge on any atom is 0.142 e. The Balaban J connectivity index is 1.91. The van der Waals surface area contributed by atoms with Gasteiger partial charge in [-0.2, -0.15) is 0 Å². The molecule has 0 radical (unpaired) electrons. The highest BCUT2D eigenvalue weighted by molar-refractivity contribution is 7.09. The Labute approximate surface area is 115 Å². The van der Waals surface area contributed by atoms with Gasteiger partial charge < -0.3 is 10.0 Å². The quantitative estimate of drug-likeness (QED) is 0.913. The molecule has 2 heterocycles. The van der Waals surface area contributed by atoms with Crippen molar-refractivity contribution in [3.05, 3.63) is 46.0 Å². The smallest absolute Gasteiger partial charge is 0.142 e. The van der Waals surface area contributed by atoms with Gasteiger partial charge in [0.05, 0.1) is 19.3 Å². The summed E-state index contributed by atoms with van der Waals surface area (Å²) in [4.78, 5) is 7.62. The lowest BCUT2D eigenvalue weighted by molar-refractivity contribution is 0.281. The Hall–Kier alpha value is -1.46. The average Bonchev–Trinajstić information content (AvgIpc) is 3.13. The summed E-state index contributed by atoms with van der Waals surface area (Å²) in [7, 11) is 0. The molecule has 2 aromatic rings. The van der Waals surface area contributed by atoms with E-state index in [0.717, 1.165) is 19.4 Å². The van der Waals surface area contributed by atoms with Gasteiger partial charge in [-0.1, -0.05) is 6.07 Å². The van der Waals surface area contributed by atoms with Gasteiger partial charge >= 0.3 is 0 Å². The molecule has 1 fully saturated rings. The van der Waals surface area contributed by atoms with Crippen molar-refractivity contribution in [2.45, 2.75) is 32.0 Å². The topological polar surface area (TPSA) is 36.4 Å².